The lowest BCUT2D eigenvalue weighted by atomic mass is 10.1. The predicted molar refractivity (Wildman–Crippen MR) is 65.9 cm³/mol. The molecule has 0 radical (unpaired) electrons. The zero-order valence-corrected chi connectivity index (χ0v) is 10.5. The van der Waals surface area contributed by atoms with Crippen LogP contribution < -0.4 is 5.32 Å². The summed E-state index contributed by atoms with van der Waals surface area (Å²) in [4.78, 5) is 22.4. The maximum Gasteiger partial charge on any atom is 0.326 e. The second-order valence-corrected chi connectivity index (χ2v) is 4.12. The summed E-state index contributed by atoms with van der Waals surface area (Å²) in [5.74, 6) is -1.19. The first kappa shape index (κ1) is 14.2. The van der Waals surface area contributed by atoms with Crippen LogP contribution in [-0.4, -0.2) is 32.8 Å². The molecule has 0 bridgehead atoms. The quantitative estimate of drug-likeness (QED) is 0.724. The van der Waals surface area contributed by atoms with Crippen LogP contribution in [0.2, 0.25) is 0 Å². The van der Waals surface area contributed by atoms with E-state index in [4.69, 9.17) is 5.11 Å². The molecule has 0 saturated heterocycles. The summed E-state index contributed by atoms with van der Waals surface area (Å²) < 4.78 is 1.74. The number of aryl methyl sites for hydroxylation is 1. The lowest BCUT2D eigenvalue weighted by Gasteiger charge is -2.13. The Morgan fingerprint density at radius 1 is 1.50 bits per heavy atom. The highest BCUT2D eigenvalue weighted by molar-refractivity contribution is 5.83. The van der Waals surface area contributed by atoms with Gasteiger partial charge in [0, 0.05) is 25.4 Å². The van der Waals surface area contributed by atoms with Crippen molar-refractivity contribution < 1.29 is 14.7 Å². The second-order valence-electron chi connectivity index (χ2n) is 4.12. The fraction of sp³-hybridized carbons (Fsp3) is 0.583. The summed E-state index contributed by atoms with van der Waals surface area (Å²) in [7, 11) is 0. The standard InChI is InChI=1S/C12H19N3O3/c1-2-5-10(12(17)18)14-11(16)6-3-8-15-9-4-7-13-15/h4,7,9-10H,2-3,5-6,8H2,1H3,(H,14,16)(H,17,18). The minimum atomic E-state index is -0.975. The van der Waals surface area contributed by atoms with Gasteiger partial charge in [-0.1, -0.05) is 13.3 Å². The molecule has 6 heteroatoms. The van der Waals surface area contributed by atoms with E-state index < -0.39 is 12.0 Å². The predicted octanol–water partition coefficient (Wildman–Crippen LogP) is 1.03. The van der Waals surface area contributed by atoms with Crippen molar-refractivity contribution in [3.8, 4) is 0 Å². The molecular weight excluding hydrogens is 234 g/mol. The van der Waals surface area contributed by atoms with E-state index in [1.54, 1.807) is 10.9 Å². The molecule has 0 aromatic carbocycles. The average Bonchev–Trinajstić information content (AvgIpc) is 2.81. The molecule has 0 aliphatic rings. The van der Waals surface area contributed by atoms with Crippen LogP contribution in [-0.2, 0) is 16.1 Å². The van der Waals surface area contributed by atoms with Crippen molar-refractivity contribution in [1.82, 2.24) is 15.1 Å². The van der Waals surface area contributed by atoms with Gasteiger partial charge in [-0.15, -0.1) is 0 Å². The molecule has 1 unspecified atom stereocenters. The van der Waals surface area contributed by atoms with Gasteiger partial charge in [-0.25, -0.2) is 4.79 Å². The van der Waals surface area contributed by atoms with Gasteiger partial charge in [-0.2, -0.15) is 5.10 Å². The third kappa shape index (κ3) is 4.99. The Kier molecular flexibility index (Phi) is 5.90. The highest BCUT2D eigenvalue weighted by atomic mass is 16.4. The minimum Gasteiger partial charge on any atom is -0.480 e. The van der Waals surface area contributed by atoms with Crippen molar-refractivity contribution in [2.45, 2.75) is 45.2 Å². The monoisotopic (exact) mass is 253 g/mol. The number of carboxylic acid groups (broad SMARTS) is 1. The lowest BCUT2D eigenvalue weighted by molar-refractivity contribution is -0.142. The maximum atomic E-state index is 11.6. The summed E-state index contributed by atoms with van der Waals surface area (Å²) >= 11 is 0. The van der Waals surface area contributed by atoms with Crippen molar-refractivity contribution >= 4 is 11.9 Å². The van der Waals surface area contributed by atoms with E-state index in [0.29, 0.717) is 25.8 Å². The van der Waals surface area contributed by atoms with Crippen LogP contribution in [0.4, 0.5) is 0 Å². The fourth-order valence-corrected chi connectivity index (χ4v) is 1.65. The topological polar surface area (TPSA) is 84.2 Å². The van der Waals surface area contributed by atoms with E-state index in [1.165, 1.54) is 0 Å². The van der Waals surface area contributed by atoms with Gasteiger partial charge in [-0.3, -0.25) is 9.48 Å². The maximum absolute atomic E-state index is 11.6. The molecule has 100 valence electrons. The smallest absolute Gasteiger partial charge is 0.326 e. The number of carbonyl (C=O) groups is 2. The highest BCUT2D eigenvalue weighted by Crippen LogP contribution is 2.00. The van der Waals surface area contributed by atoms with Crippen LogP contribution in [0.25, 0.3) is 0 Å². The van der Waals surface area contributed by atoms with E-state index in [1.807, 2.05) is 19.2 Å². The van der Waals surface area contributed by atoms with Crippen LogP contribution >= 0.6 is 0 Å². The number of nitrogens with one attached hydrogen (secondary N) is 1. The average molecular weight is 253 g/mol. The van der Waals surface area contributed by atoms with E-state index in [-0.39, 0.29) is 5.91 Å². The number of hydrogen-bond donors (Lipinski definition) is 2. The van der Waals surface area contributed by atoms with Gasteiger partial charge in [0.05, 0.1) is 0 Å². The molecule has 0 fully saturated rings. The normalized spacial score (nSPS) is 12.1. The number of aromatic nitrogens is 2. The Morgan fingerprint density at radius 2 is 2.28 bits per heavy atom. The largest absolute Gasteiger partial charge is 0.480 e. The molecule has 6 nitrogen and oxygen atoms in total. The van der Waals surface area contributed by atoms with Crippen LogP contribution in [0.1, 0.15) is 32.6 Å². The first-order chi connectivity index (χ1) is 8.63. The van der Waals surface area contributed by atoms with Gasteiger partial charge < -0.3 is 10.4 Å². The number of amides is 1. The zero-order chi connectivity index (χ0) is 13.4. The molecular formula is C12H19N3O3. The fourth-order valence-electron chi connectivity index (χ4n) is 1.65. The summed E-state index contributed by atoms with van der Waals surface area (Å²) in [5, 5.41) is 15.5. The molecule has 1 amide bonds. The van der Waals surface area contributed by atoms with E-state index in [2.05, 4.69) is 10.4 Å². The third-order valence-corrected chi connectivity index (χ3v) is 2.56. The Balaban J connectivity index is 2.25. The first-order valence-electron chi connectivity index (χ1n) is 6.13. The van der Waals surface area contributed by atoms with Gasteiger partial charge in [-0.05, 0) is 18.9 Å². The number of aliphatic carboxylic acids is 1. The number of nitrogens with zero attached hydrogens (tertiary/aromatic N) is 2. The molecule has 0 saturated carbocycles. The van der Waals surface area contributed by atoms with Crippen molar-refractivity contribution in [2.75, 3.05) is 0 Å². The third-order valence-electron chi connectivity index (χ3n) is 2.56. The van der Waals surface area contributed by atoms with Crippen LogP contribution in [0, 0.1) is 0 Å². The van der Waals surface area contributed by atoms with Crippen molar-refractivity contribution in [1.29, 1.82) is 0 Å². The van der Waals surface area contributed by atoms with Crippen LogP contribution in [0.5, 0.6) is 0 Å². The Hall–Kier alpha value is -1.85. The Bertz CT molecular complexity index is 376. The van der Waals surface area contributed by atoms with Crippen LogP contribution in [0.15, 0.2) is 18.5 Å². The van der Waals surface area contributed by atoms with Gasteiger partial charge >= 0.3 is 5.97 Å². The van der Waals surface area contributed by atoms with Gasteiger partial charge in [0.2, 0.25) is 5.91 Å². The lowest BCUT2D eigenvalue weighted by Crippen LogP contribution is -2.40. The van der Waals surface area contributed by atoms with Crippen molar-refractivity contribution in [3.05, 3.63) is 18.5 Å². The molecule has 2 N–H and O–H groups in total. The SMILES string of the molecule is CCCC(NC(=O)CCCn1cccn1)C(=O)O. The molecule has 0 aliphatic carbocycles. The molecule has 1 aromatic rings. The zero-order valence-electron chi connectivity index (χ0n) is 10.5. The number of rotatable bonds is 8. The molecule has 1 aromatic heterocycles. The van der Waals surface area contributed by atoms with Gasteiger partial charge in [0.15, 0.2) is 0 Å². The summed E-state index contributed by atoms with van der Waals surface area (Å²) in [6.45, 7) is 2.55. The first-order valence-corrected chi connectivity index (χ1v) is 6.13. The Morgan fingerprint density at radius 3 is 2.83 bits per heavy atom. The van der Waals surface area contributed by atoms with E-state index in [0.717, 1.165) is 6.42 Å². The summed E-state index contributed by atoms with van der Waals surface area (Å²) in [5.41, 5.74) is 0. The molecule has 18 heavy (non-hydrogen) atoms. The van der Waals surface area contributed by atoms with E-state index in [9.17, 15) is 9.59 Å². The van der Waals surface area contributed by atoms with Crippen LogP contribution in [0.3, 0.4) is 0 Å². The molecule has 1 rings (SSSR count). The minimum absolute atomic E-state index is 0.219. The summed E-state index contributed by atoms with van der Waals surface area (Å²) in [6.07, 6.45) is 5.65. The van der Waals surface area contributed by atoms with E-state index >= 15 is 0 Å². The van der Waals surface area contributed by atoms with Crippen molar-refractivity contribution in [3.63, 3.8) is 0 Å². The number of hydrogen-bond acceptors (Lipinski definition) is 3. The highest BCUT2D eigenvalue weighted by Gasteiger charge is 2.18. The molecule has 1 atom stereocenters. The second kappa shape index (κ2) is 7.47. The number of carboxylic acids is 1. The molecule has 0 aliphatic heterocycles. The number of carbonyl (C=O) groups excluding carboxylic acids is 1. The molecule has 0 spiro atoms. The van der Waals surface area contributed by atoms with Crippen molar-refractivity contribution in [2.24, 2.45) is 0 Å². The summed E-state index contributed by atoms with van der Waals surface area (Å²) in [6, 6.07) is 1.05. The molecule has 1 heterocycles. The van der Waals surface area contributed by atoms with Gasteiger partial charge in [0.25, 0.3) is 0 Å². The Labute approximate surface area is 106 Å². The van der Waals surface area contributed by atoms with Gasteiger partial charge in [0.1, 0.15) is 6.04 Å².